The van der Waals surface area contributed by atoms with Crippen molar-refractivity contribution >= 4 is 11.9 Å². The van der Waals surface area contributed by atoms with Gasteiger partial charge in [-0.05, 0) is 13.3 Å². The molecule has 1 atom stereocenters. The number of unbranched alkanes of at least 4 members (excludes halogenated alkanes) is 1. The second kappa shape index (κ2) is 7.99. The van der Waals surface area contributed by atoms with Crippen molar-refractivity contribution in [3.8, 4) is 0 Å². The van der Waals surface area contributed by atoms with Crippen LogP contribution in [0.1, 0.15) is 32.0 Å². The molecule has 0 bridgehead atoms. The lowest BCUT2D eigenvalue weighted by Gasteiger charge is -2.39. The molecule has 23 heavy (non-hydrogen) atoms. The van der Waals surface area contributed by atoms with Crippen molar-refractivity contribution in [2.24, 2.45) is 0 Å². The van der Waals surface area contributed by atoms with E-state index in [9.17, 15) is 9.59 Å². The maximum absolute atomic E-state index is 12.5. The predicted molar refractivity (Wildman–Crippen MR) is 88.0 cm³/mol. The number of likely N-dealkylation sites (N-methyl/N-ethyl adjacent to an activating group) is 1. The summed E-state index contributed by atoms with van der Waals surface area (Å²) in [6, 6.07) is -0.478. The molecule has 0 spiro atoms. The molecule has 0 radical (unpaired) electrons. The van der Waals surface area contributed by atoms with Crippen molar-refractivity contribution in [2.45, 2.75) is 45.7 Å². The lowest BCUT2D eigenvalue weighted by molar-refractivity contribution is -0.138. The van der Waals surface area contributed by atoms with Gasteiger partial charge in [-0.1, -0.05) is 19.8 Å². The van der Waals surface area contributed by atoms with Gasteiger partial charge in [0.25, 0.3) is 0 Å². The van der Waals surface area contributed by atoms with Crippen molar-refractivity contribution in [3.05, 3.63) is 18.2 Å². The second-order valence-electron chi connectivity index (χ2n) is 6.01. The summed E-state index contributed by atoms with van der Waals surface area (Å²) < 4.78 is 1.99. The molecule has 0 aromatic carbocycles. The van der Waals surface area contributed by atoms with Crippen LogP contribution in [0.2, 0.25) is 0 Å². The molecule has 1 aromatic heterocycles. The molecule has 7 heteroatoms. The molecule has 1 N–H and O–H groups in total. The Bertz CT molecular complexity index is 542. The fourth-order valence-electron chi connectivity index (χ4n) is 2.86. The van der Waals surface area contributed by atoms with Gasteiger partial charge in [0, 0.05) is 45.6 Å². The normalized spacial score (nSPS) is 18.4. The molecule has 1 aromatic rings. The number of piperazine rings is 1. The summed E-state index contributed by atoms with van der Waals surface area (Å²) in [6.07, 6.45) is 6.33. The third kappa shape index (κ3) is 4.24. The van der Waals surface area contributed by atoms with Gasteiger partial charge in [0.05, 0.1) is 0 Å². The van der Waals surface area contributed by atoms with Crippen LogP contribution in [-0.2, 0) is 11.3 Å². The number of amides is 3. The Balaban J connectivity index is 1.90. The quantitative estimate of drug-likeness (QED) is 0.857. The number of aryl methyl sites for hydroxylation is 1. The first-order valence-electron chi connectivity index (χ1n) is 8.31. The first-order chi connectivity index (χ1) is 11.0. The van der Waals surface area contributed by atoms with E-state index in [2.05, 4.69) is 17.2 Å². The Morgan fingerprint density at radius 2 is 2.22 bits per heavy atom. The van der Waals surface area contributed by atoms with Crippen LogP contribution < -0.4 is 5.32 Å². The molecule has 0 aliphatic carbocycles. The van der Waals surface area contributed by atoms with Gasteiger partial charge in [0.15, 0.2) is 0 Å². The lowest BCUT2D eigenvalue weighted by Crippen LogP contribution is -2.59. The van der Waals surface area contributed by atoms with Gasteiger partial charge in [-0.2, -0.15) is 0 Å². The van der Waals surface area contributed by atoms with Crippen LogP contribution in [0.15, 0.2) is 12.4 Å². The SMILES string of the molecule is CCCCC1C(=O)N(C)CCN1C(=O)NCCn1ccnc1C. The molecule has 2 rings (SSSR count). The number of imidazole rings is 1. The zero-order chi connectivity index (χ0) is 16.8. The fourth-order valence-corrected chi connectivity index (χ4v) is 2.86. The minimum Gasteiger partial charge on any atom is -0.342 e. The number of carbonyl (C=O) groups excluding carboxylic acids is 2. The van der Waals surface area contributed by atoms with Crippen molar-refractivity contribution in [3.63, 3.8) is 0 Å². The van der Waals surface area contributed by atoms with Gasteiger partial charge in [0.2, 0.25) is 5.91 Å². The summed E-state index contributed by atoms with van der Waals surface area (Å²) in [7, 11) is 1.80. The van der Waals surface area contributed by atoms with Crippen molar-refractivity contribution in [1.29, 1.82) is 0 Å². The second-order valence-corrected chi connectivity index (χ2v) is 6.01. The highest BCUT2D eigenvalue weighted by molar-refractivity contribution is 5.88. The number of hydrogen-bond donors (Lipinski definition) is 1. The van der Waals surface area contributed by atoms with E-state index in [1.54, 1.807) is 23.0 Å². The summed E-state index contributed by atoms with van der Waals surface area (Å²) in [5.74, 6) is 0.972. The number of nitrogens with one attached hydrogen (secondary N) is 1. The number of aromatic nitrogens is 2. The largest absolute Gasteiger partial charge is 0.342 e. The maximum atomic E-state index is 12.5. The van der Waals surface area contributed by atoms with Gasteiger partial charge in [-0.3, -0.25) is 4.79 Å². The monoisotopic (exact) mass is 321 g/mol. The van der Waals surface area contributed by atoms with Crippen molar-refractivity contribution < 1.29 is 9.59 Å². The van der Waals surface area contributed by atoms with Crippen LogP contribution in [-0.4, -0.2) is 64.0 Å². The van der Waals surface area contributed by atoms with E-state index < -0.39 is 0 Å². The van der Waals surface area contributed by atoms with E-state index in [0.717, 1.165) is 25.1 Å². The third-order valence-electron chi connectivity index (χ3n) is 4.36. The highest BCUT2D eigenvalue weighted by Gasteiger charge is 2.35. The molecule has 1 saturated heterocycles. The molecule has 1 unspecified atom stereocenters. The molecule has 1 aliphatic rings. The maximum Gasteiger partial charge on any atom is 0.318 e. The number of nitrogens with zero attached hydrogens (tertiary/aromatic N) is 4. The lowest BCUT2D eigenvalue weighted by atomic mass is 10.0. The summed E-state index contributed by atoms with van der Waals surface area (Å²) >= 11 is 0. The van der Waals surface area contributed by atoms with Crippen LogP contribution in [0, 0.1) is 6.92 Å². The Morgan fingerprint density at radius 1 is 1.43 bits per heavy atom. The van der Waals surface area contributed by atoms with E-state index in [0.29, 0.717) is 26.2 Å². The zero-order valence-corrected chi connectivity index (χ0v) is 14.3. The van der Waals surface area contributed by atoms with Crippen LogP contribution >= 0.6 is 0 Å². The van der Waals surface area contributed by atoms with Crippen LogP contribution in [0.3, 0.4) is 0 Å². The molecular formula is C16H27N5O2. The average Bonchev–Trinajstić information content (AvgIpc) is 2.94. The minimum absolute atomic E-state index is 0.0466. The number of hydrogen-bond acceptors (Lipinski definition) is 3. The van der Waals surface area contributed by atoms with Crippen LogP contribution in [0.25, 0.3) is 0 Å². The highest BCUT2D eigenvalue weighted by Crippen LogP contribution is 2.16. The Hall–Kier alpha value is -2.05. The van der Waals surface area contributed by atoms with Crippen LogP contribution in [0.4, 0.5) is 4.79 Å². The molecule has 128 valence electrons. The van der Waals surface area contributed by atoms with E-state index in [1.807, 2.05) is 17.7 Å². The third-order valence-corrected chi connectivity index (χ3v) is 4.36. The smallest absolute Gasteiger partial charge is 0.318 e. The standard InChI is InChI=1S/C16H27N5O2/c1-4-5-6-14-15(22)19(3)11-12-21(14)16(23)18-8-10-20-9-7-17-13(20)2/h7,9,14H,4-6,8,10-12H2,1-3H3,(H,18,23). The molecule has 2 heterocycles. The van der Waals surface area contributed by atoms with Gasteiger partial charge < -0.3 is 19.7 Å². The van der Waals surface area contributed by atoms with Gasteiger partial charge in [0.1, 0.15) is 11.9 Å². The van der Waals surface area contributed by atoms with E-state index in [-0.39, 0.29) is 18.0 Å². The number of carbonyl (C=O) groups is 2. The number of rotatable bonds is 6. The molecule has 3 amide bonds. The van der Waals surface area contributed by atoms with Crippen molar-refractivity contribution in [1.82, 2.24) is 24.7 Å². The van der Waals surface area contributed by atoms with Crippen LogP contribution in [0.5, 0.6) is 0 Å². The fraction of sp³-hybridized carbons (Fsp3) is 0.688. The molecule has 1 aliphatic heterocycles. The summed E-state index contributed by atoms with van der Waals surface area (Å²) in [5, 5.41) is 2.93. The predicted octanol–water partition coefficient (Wildman–Crippen LogP) is 1.23. The summed E-state index contributed by atoms with van der Waals surface area (Å²) in [5.41, 5.74) is 0. The Labute approximate surface area is 137 Å². The molecule has 1 fully saturated rings. The first kappa shape index (κ1) is 17.3. The van der Waals surface area contributed by atoms with Crippen molar-refractivity contribution in [2.75, 3.05) is 26.7 Å². The Morgan fingerprint density at radius 3 is 2.87 bits per heavy atom. The van der Waals surface area contributed by atoms with E-state index >= 15 is 0 Å². The highest BCUT2D eigenvalue weighted by atomic mass is 16.2. The average molecular weight is 321 g/mol. The topological polar surface area (TPSA) is 70.5 Å². The molecular weight excluding hydrogens is 294 g/mol. The molecule has 0 saturated carbocycles. The Kier molecular flexibility index (Phi) is 6.01. The number of urea groups is 1. The van der Waals surface area contributed by atoms with Gasteiger partial charge in [-0.25, -0.2) is 9.78 Å². The minimum atomic E-state index is -0.330. The molecule has 7 nitrogen and oxygen atoms in total. The van der Waals surface area contributed by atoms with Gasteiger partial charge in [-0.15, -0.1) is 0 Å². The van der Waals surface area contributed by atoms with E-state index in [1.165, 1.54) is 0 Å². The zero-order valence-electron chi connectivity index (χ0n) is 14.3. The summed E-state index contributed by atoms with van der Waals surface area (Å²) in [6.45, 7) is 6.41. The van der Waals surface area contributed by atoms with Gasteiger partial charge >= 0.3 is 6.03 Å². The summed E-state index contributed by atoms with van der Waals surface area (Å²) in [4.78, 5) is 32.4. The van der Waals surface area contributed by atoms with E-state index in [4.69, 9.17) is 0 Å². The first-order valence-corrected chi connectivity index (χ1v) is 8.31.